The summed E-state index contributed by atoms with van der Waals surface area (Å²) >= 11 is 0. The first-order valence-electron chi connectivity index (χ1n) is 7.17. The molecule has 114 valence electrons. The lowest BCUT2D eigenvalue weighted by Gasteiger charge is -2.17. The summed E-state index contributed by atoms with van der Waals surface area (Å²) in [7, 11) is 1.84. The number of hydrogen-bond acceptors (Lipinski definition) is 3. The van der Waals surface area contributed by atoms with E-state index in [2.05, 4.69) is 5.10 Å². The molecule has 1 aliphatic heterocycles. The zero-order valence-corrected chi connectivity index (χ0v) is 12.3. The summed E-state index contributed by atoms with van der Waals surface area (Å²) in [5, 5.41) is 13.4. The standard InChI is InChI=1S/C16H17N3O3/c1-18-11(8-9-17-18)6-7-15(20)19-10-13(16(21)22)12-4-2-3-5-14(12)19/h2-5,8-9,13H,6-7,10H2,1H3,(H,21,22). The molecule has 0 saturated heterocycles. The molecule has 0 aliphatic carbocycles. The summed E-state index contributed by atoms with van der Waals surface area (Å²) in [5.41, 5.74) is 2.41. The second-order valence-electron chi connectivity index (χ2n) is 5.40. The summed E-state index contributed by atoms with van der Waals surface area (Å²) < 4.78 is 1.74. The molecule has 1 aliphatic rings. The average molecular weight is 299 g/mol. The Hall–Kier alpha value is -2.63. The van der Waals surface area contributed by atoms with Gasteiger partial charge in [0.1, 0.15) is 5.92 Å². The van der Waals surface area contributed by atoms with Crippen molar-refractivity contribution in [2.45, 2.75) is 18.8 Å². The largest absolute Gasteiger partial charge is 0.481 e. The Morgan fingerprint density at radius 3 is 2.77 bits per heavy atom. The number of fused-ring (bicyclic) bond motifs is 1. The summed E-state index contributed by atoms with van der Waals surface area (Å²) in [6.45, 7) is 0.207. The molecule has 3 rings (SSSR count). The molecular weight excluding hydrogens is 282 g/mol. The van der Waals surface area contributed by atoms with E-state index in [-0.39, 0.29) is 12.5 Å². The van der Waals surface area contributed by atoms with Crippen molar-refractivity contribution < 1.29 is 14.7 Å². The second-order valence-corrected chi connectivity index (χ2v) is 5.40. The number of rotatable bonds is 4. The SMILES string of the molecule is Cn1nccc1CCC(=O)N1CC(C(=O)O)c2ccccc21. The van der Waals surface area contributed by atoms with Crippen LogP contribution < -0.4 is 4.90 Å². The van der Waals surface area contributed by atoms with Gasteiger partial charge in [-0.15, -0.1) is 0 Å². The zero-order valence-electron chi connectivity index (χ0n) is 12.3. The van der Waals surface area contributed by atoms with Crippen LogP contribution in [0, 0.1) is 0 Å². The highest BCUT2D eigenvalue weighted by Crippen LogP contribution is 2.36. The lowest BCUT2D eigenvalue weighted by molar-refractivity contribution is -0.138. The summed E-state index contributed by atoms with van der Waals surface area (Å²) in [6, 6.07) is 9.09. The van der Waals surface area contributed by atoms with Crippen molar-refractivity contribution in [3.05, 3.63) is 47.8 Å². The van der Waals surface area contributed by atoms with Crippen molar-refractivity contribution in [3.8, 4) is 0 Å². The number of carboxylic acid groups (broad SMARTS) is 1. The summed E-state index contributed by atoms with van der Waals surface area (Å²) in [5.74, 6) is -1.59. The Bertz CT molecular complexity index is 723. The van der Waals surface area contributed by atoms with Crippen molar-refractivity contribution in [2.24, 2.45) is 7.05 Å². The Kier molecular flexibility index (Phi) is 3.66. The fraction of sp³-hybridized carbons (Fsp3) is 0.312. The molecule has 0 saturated carbocycles. The third-order valence-electron chi connectivity index (χ3n) is 4.08. The van der Waals surface area contributed by atoms with E-state index >= 15 is 0 Å². The molecule has 2 aromatic rings. The molecule has 2 heterocycles. The highest BCUT2D eigenvalue weighted by atomic mass is 16.4. The van der Waals surface area contributed by atoms with Gasteiger partial charge in [0, 0.05) is 37.6 Å². The number of aliphatic carboxylic acids is 1. The van der Waals surface area contributed by atoms with Gasteiger partial charge in [-0.25, -0.2) is 0 Å². The van der Waals surface area contributed by atoms with Crippen LogP contribution in [0.4, 0.5) is 5.69 Å². The van der Waals surface area contributed by atoms with Crippen LogP contribution in [0.15, 0.2) is 36.5 Å². The molecule has 1 N–H and O–H groups in total. The Balaban J connectivity index is 1.76. The van der Waals surface area contributed by atoms with Crippen molar-refractivity contribution >= 4 is 17.6 Å². The third kappa shape index (κ3) is 2.47. The molecule has 0 fully saturated rings. The molecule has 1 atom stereocenters. The lowest BCUT2D eigenvalue weighted by Crippen LogP contribution is -2.31. The lowest BCUT2D eigenvalue weighted by atomic mass is 10.0. The number of carbonyl (C=O) groups is 2. The van der Waals surface area contributed by atoms with Gasteiger partial charge in [0.15, 0.2) is 0 Å². The van der Waals surface area contributed by atoms with Gasteiger partial charge in [-0.05, 0) is 24.1 Å². The molecule has 1 unspecified atom stereocenters. The van der Waals surface area contributed by atoms with E-state index in [4.69, 9.17) is 0 Å². The number of benzene rings is 1. The van der Waals surface area contributed by atoms with Crippen LogP contribution in [-0.2, 0) is 23.1 Å². The molecule has 6 nitrogen and oxygen atoms in total. The van der Waals surface area contributed by atoms with Gasteiger partial charge in [0.25, 0.3) is 0 Å². The molecule has 1 aromatic carbocycles. The highest BCUT2D eigenvalue weighted by molar-refractivity contribution is 5.99. The Labute approximate surface area is 128 Å². The van der Waals surface area contributed by atoms with Gasteiger partial charge in [0.2, 0.25) is 5.91 Å². The average Bonchev–Trinajstić information content (AvgIpc) is 3.08. The third-order valence-corrected chi connectivity index (χ3v) is 4.08. The molecular formula is C16H17N3O3. The van der Waals surface area contributed by atoms with E-state index in [1.807, 2.05) is 19.2 Å². The van der Waals surface area contributed by atoms with Gasteiger partial charge in [-0.1, -0.05) is 18.2 Å². The zero-order chi connectivity index (χ0) is 15.7. The number of hydrogen-bond donors (Lipinski definition) is 1. The first kappa shape index (κ1) is 14.3. The van der Waals surface area contributed by atoms with Gasteiger partial charge in [-0.2, -0.15) is 5.10 Å². The minimum atomic E-state index is -0.894. The minimum Gasteiger partial charge on any atom is -0.481 e. The number of aryl methyl sites for hydroxylation is 2. The van der Waals surface area contributed by atoms with Crippen LogP contribution in [0.1, 0.15) is 23.6 Å². The fourth-order valence-corrected chi connectivity index (χ4v) is 2.87. The molecule has 22 heavy (non-hydrogen) atoms. The highest BCUT2D eigenvalue weighted by Gasteiger charge is 2.35. The number of carbonyl (C=O) groups excluding carboxylic acids is 1. The minimum absolute atomic E-state index is 0.0580. The normalized spacial score (nSPS) is 16.6. The van der Waals surface area contributed by atoms with Crippen molar-refractivity contribution in [2.75, 3.05) is 11.4 Å². The van der Waals surface area contributed by atoms with E-state index in [9.17, 15) is 14.7 Å². The number of amides is 1. The van der Waals surface area contributed by atoms with Crippen molar-refractivity contribution in [1.82, 2.24) is 9.78 Å². The van der Waals surface area contributed by atoms with Crippen molar-refractivity contribution in [3.63, 3.8) is 0 Å². The Morgan fingerprint density at radius 2 is 2.09 bits per heavy atom. The first-order valence-corrected chi connectivity index (χ1v) is 7.17. The number of para-hydroxylation sites is 1. The monoisotopic (exact) mass is 299 g/mol. The van der Waals surface area contributed by atoms with E-state index in [0.29, 0.717) is 24.1 Å². The van der Waals surface area contributed by atoms with Gasteiger partial charge in [-0.3, -0.25) is 14.3 Å². The van der Waals surface area contributed by atoms with Crippen LogP contribution in [0.5, 0.6) is 0 Å². The number of aromatic nitrogens is 2. The summed E-state index contributed by atoms with van der Waals surface area (Å²) in [6.07, 6.45) is 2.62. The van der Waals surface area contributed by atoms with Crippen LogP contribution in [0.2, 0.25) is 0 Å². The predicted octanol–water partition coefficient (Wildman–Crippen LogP) is 1.57. The maximum atomic E-state index is 12.5. The maximum absolute atomic E-state index is 12.5. The van der Waals surface area contributed by atoms with E-state index in [1.165, 1.54) is 0 Å². The molecule has 0 bridgehead atoms. The topological polar surface area (TPSA) is 75.4 Å². The maximum Gasteiger partial charge on any atom is 0.312 e. The molecule has 1 amide bonds. The van der Waals surface area contributed by atoms with Crippen LogP contribution in [0.3, 0.4) is 0 Å². The van der Waals surface area contributed by atoms with E-state index in [0.717, 1.165) is 5.69 Å². The number of anilines is 1. The fourth-order valence-electron chi connectivity index (χ4n) is 2.87. The number of nitrogens with zero attached hydrogens (tertiary/aromatic N) is 3. The number of carboxylic acids is 1. The molecule has 0 radical (unpaired) electrons. The molecule has 1 aromatic heterocycles. The smallest absolute Gasteiger partial charge is 0.312 e. The van der Waals surface area contributed by atoms with Crippen LogP contribution in [0.25, 0.3) is 0 Å². The van der Waals surface area contributed by atoms with Gasteiger partial charge in [0.05, 0.1) is 0 Å². The van der Waals surface area contributed by atoms with Gasteiger partial charge < -0.3 is 10.0 Å². The van der Waals surface area contributed by atoms with Crippen LogP contribution >= 0.6 is 0 Å². The summed E-state index contributed by atoms with van der Waals surface area (Å²) in [4.78, 5) is 25.4. The second kappa shape index (κ2) is 5.63. The first-order chi connectivity index (χ1) is 10.6. The quantitative estimate of drug-likeness (QED) is 0.929. The van der Waals surface area contributed by atoms with Crippen molar-refractivity contribution in [1.29, 1.82) is 0 Å². The van der Waals surface area contributed by atoms with E-state index < -0.39 is 11.9 Å². The molecule has 6 heteroatoms. The van der Waals surface area contributed by atoms with Gasteiger partial charge >= 0.3 is 5.97 Å². The molecule has 0 spiro atoms. The van der Waals surface area contributed by atoms with E-state index in [1.54, 1.807) is 34.0 Å². The predicted molar refractivity (Wildman–Crippen MR) is 80.7 cm³/mol. The Morgan fingerprint density at radius 1 is 1.32 bits per heavy atom. The van der Waals surface area contributed by atoms with Crippen LogP contribution in [-0.4, -0.2) is 33.3 Å².